The summed E-state index contributed by atoms with van der Waals surface area (Å²) in [7, 11) is 0. The maximum atomic E-state index is 14.1. The van der Waals surface area contributed by atoms with E-state index in [4.69, 9.17) is 13.9 Å². The van der Waals surface area contributed by atoms with E-state index in [0.29, 0.717) is 23.6 Å². The number of fused-ring (bicyclic) bond motifs is 2. The Balaban J connectivity index is 1.49. The molecule has 0 saturated carbocycles. The van der Waals surface area contributed by atoms with Crippen LogP contribution in [-0.2, 0) is 11.3 Å². The molecule has 0 saturated heterocycles. The van der Waals surface area contributed by atoms with E-state index < -0.39 is 29.2 Å². The lowest BCUT2D eigenvalue weighted by Gasteiger charge is -2.23. The van der Waals surface area contributed by atoms with Crippen molar-refractivity contribution in [3.8, 4) is 5.75 Å². The number of rotatable bonds is 7. The molecule has 3 aromatic carbocycles. The van der Waals surface area contributed by atoms with Crippen LogP contribution in [0.15, 0.2) is 82.0 Å². The van der Waals surface area contributed by atoms with E-state index in [0.717, 1.165) is 29.0 Å². The molecule has 1 aliphatic rings. The largest absolute Gasteiger partial charge is 0.489 e. The maximum Gasteiger partial charge on any atom is 0.350 e. The van der Waals surface area contributed by atoms with Gasteiger partial charge in [0, 0.05) is 0 Å². The van der Waals surface area contributed by atoms with E-state index in [1.165, 1.54) is 11.0 Å². The highest BCUT2D eigenvalue weighted by Gasteiger charge is 2.45. The second-order valence-corrected chi connectivity index (χ2v) is 10.3. The standard InChI is InChI=1S/C31H23FN2O6S/c1-3-38-30(37)28-17(2)33-31(41-28)34-25(19-10-7-11-21(14-19)39-16-18-8-5-4-6-9-18)24-26(35)22-15-20(32)12-13-23(22)40-27(24)29(34)36/h4-15,25H,3,16H2,1-2H3. The summed E-state index contributed by atoms with van der Waals surface area (Å²) < 4.78 is 31.2. The Labute approximate surface area is 237 Å². The van der Waals surface area contributed by atoms with E-state index >= 15 is 0 Å². The fraction of sp³-hybridized carbons (Fsp3) is 0.161. The van der Waals surface area contributed by atoms with Gasteiger partial charge < -0.3 is 13.9 Å². The van der Waals surface area contributed by atoms with Crippen LogP contribution in [0.2, 0.25) is 0 Å². The molecule has 2 aromatic heterocycles. The number of benzene rings is 3. The highest BCUT2D eigenvalue weighted by Crippen LogP contribution is 2.43. The van der Waals surface area contributed by atoms with Crippen molar-refractivity contribution in [1.82, 2.24) is 4.98 Å². The summed E-state index contributed by atoms with van der Waals surface area (Å²) in [5, 5.41) is 0.208. The van der Waals surface area contributed by atoms with Gasteiger partial charge in [-0.15, -0.1) is 0 Å². The van der Waals surface area contributed by atoms with Crippen LogP contribution in [0.1, 0.15) is 55.6 Å². The van der Waals surface area contributed by atoms with Crippen LogP contribution in [0, 0.1) is 12.7 Å². The number of esters is 1. The first kappa shape index (κ1) is 26.4. The smallest absolute Gasteiger partial charge is 0.350 e. The fourth-order valence-corrected chi connectivity index (χ4v) is 5.83. The molecule has 41 heavy (non-hydrogen) atoms. The lowest BCUT2D eigenvalue weighted by atomic mass is 9.98. The lowest BCUT2D eigenvalue weighted by molar-refractivity contribution is 0.0531. The van der Waals surface area contributed by atoms with Gasteiger partial charge >= 0.3 is 5.97 Å². The second-order valence-electron chi connectivity index (χ2n) is 9.37. The quantitative estimate of drug-likeness (QED) is 0.215. The van der Waals surface area contributed by atoms with Gasteiger partial charge in [0.25, 0.3) is 5.91 Å². The number of carbonyl (C=O) groups excluding carboxylic acids is 2. The Hall–Kier alpha value is -4.83. The van der Waals surface area contributed by atoms with Crippen molar-refractivity contribution in [3.05, 3.63) is 122 Å². The minimum atomic E-state index is -0.970. The Kier molecular flexibility index (Phi) is 6.84. The number of aryl methyl sites for hydroxylation is 1. The summed E-state index contributed by atoms with van der Waals surface area (Å²) in [6.45, 7) is 3.84. The van der Waals surface area contributed by atoms with Crippen LogP contribution < -0.4 is 15.1 Å². The molecule has 0 spiro atoms. The molecule has 1 unspecified atom stereocenters. The molecule has 10 heteroatoms. The lowest BCUT2D eigenvalue weighted by Crippen LogP contribution is -2.29. The fourth-order valence-electron chi connectivity index (χ4n) is 4.84. The van der Waals surface area contributed by atoms with Gasteiger partial charge in [-0.05, 0) is 55.3 Å². The van der Waals surface area contributed by atoms with E-state index in [-0.39, 0.29) is 38.9 Å². The van der Waals surface area contributed by atoms with Gasteiger partial charge in [-0.2, -0.15) is 0 Å². The van der Waals surface area contributed by atoms with Gasteiger partial charge in [0.1, 0.15) is 28.6 Å². The van der Waals surface area contributed by atoms with Crippen LogP contribution >= 0.6 is 11.3 Å². The normalized spacial score (nSPS) is 14.4. The third-order valence-corrected chi connectivity index (χ3v) is 7.84. The number of anilines is 1. The molecule has 0 radical (unpaired) electrons. The first-order valence-electron chi connectivity index (χ1n) is 12.9. The number of amides is 1. The zero-order chi connectivity index (χ0) is 28.7. The molecule has 5 aromatic rings. The number of hydrogen-bond donors (Lipinski definition) is 0. The van der Waals surface area contributed by atoms with E-state index in [1.807, 2.05) is 30.3 Å². The number of ether oxygens (including phenoxy) is 2. The van der Waals surface area contributed by atoms with Crippen LogP contribution in [0.3, 0.4) is 0 Å². The summed E-state index contributed by atoms with van der Waals surface area (Å²) in [5.74, 6) is -1.41. The molecule has 0 aliphatic carbocycles. The first-order valence-corrected chi connectivity index (χ1v) is 13.7. The molecular formula is C31H23FN2O6S. The molecule has 8 nitrogen and oxygen atoms in total. The third kappa shape index (κ3) is 4.76. The molecular weight excluding hydrogens is 547 g/mol. The number of thiazole rings is 1. The van der Waals surface area contributed by atoms with Crippen molar-refractivity contribution >= 4 is 39.3 Å². The number of nitrogens with zero attached hydrogens (tertiary/aromatic N) is 2. The van der Waals surface area contributed by atoms with Gasteiger partial charge in [-0.3, -0.25) is 14.5 Å². The summed E-state index contributed by atoms with van der Waals surface area (Å²) >= 11 is 0.986. The number of hydrogen-bond acceptors (Lipinski definition) is 8. The zero-order valence-corrected chi connectivity index (χ0v) is 22.9. The topological polar surface area (TPSA) is 98.9 Å². The molecule has 3 heterocycles. The molecule has 6 rings (SSSR count). The van der Waals surface area contributed by atoms with Gasteiger partial charge in [0.05, 0.1) is 29.3 Å². The number of aromatic nitrogens is 1. The highest BCUT2D eigenvalue weighted by atomic mass is 32.1. The van der Waals surface area contributed by atoms with Crippen molar-refractivity contribution in [2.45, 2.75) is 26.5 Å². The molecule has 1 atom stereocenters. The molecule has 1 aliphatic heterocycles. The van der Waals surface area contributed by atoms with Crippen molar-refractivity contribution in [3.63, 3.8) is 0 Å². The van der Waals surface area contributed by atoms with Gasteiger partial charge in [-0.1, -0.05) is 53.8 Å². The second kappa shape index (κ2) is 10.6. The Bertz CT molecular complexity index is 1870. The molecule has 1 amide bonds. The monoisotopic (exact) mass is 570 g/mol. The van der Waals surface area contributed by atoms with E-state index in [9.17, 15) is 18.8 Å². The summed E-state index contributed by atoms with van der Waals surface area (Å²) in [6, 6.07) is 19.3. The minimum absolute atomic E-state index is 0.0161. The molecule has 0 fully saturated rings. The minimum Gasteiger partial charge on any atom is -0.489 e. The first-order chi connectivity index (χ1) is 19.9. The Morgan fingerprint density at radius 3 is 2.66 bits per heavy atom. The average molecular weight is 571 g/mol. The summed E-state index contributed by atoms with van der Waals surface area (Å²) in [6.07, 6.45) is 0. The van der Waals surface area contributed by atoms with Crippen LogP contribution in [0.4, 0.5) is 9.52 Å². The highest BCUT2D eigenvalue weighted by molar-refractivity contribution is 7.17. The SMILES string of the molecule is CCOC(=O)c1sc(N2C(=O)c3oc4ccc(F)cc4c(=O)c3C2c2cccc(OCc3ccccc3)c2)nc1C. The average Bonchev–Trinajstić information content (AvgIpc) is 3.50. The maximum absolute atomic E-state index is 14.1. The van der Waals surface area contributed by atoms with Crippen LogP contribution in [-0.4, -0.2) is 23.5 Å². The molecule has 0 bridgehead atoms. The van der Waals surface area contributed by atoms with Crippen molar-refractivity contribution in [2.24, 2.45) is 0 Å². The predicted molar refractivity (Wildman–Crippen MR) is 151 cm³/mol. The van der Waals surface area contributed by atoms with Crippen molar-refractivity contribution in [2.75, 3.05) is 11.5 Å². The Morgan fingerprint density at radius 2 is 1.88 bits per heavy atom. The van der Waals surface area contributed by atoms with Crippen LogP contribution in [0.5, 0.6) is 5.75 Å². The number of halogens is 1. The van der Waals surface area contributed by atoms with E-state index in [2.05, 4.69) is 4.98 Å². The van der Waals surface area contributed by atoms with Gasteiger partial charge in [0.15, 0.2) is 10.6 Å². The zero-order valence-electron chi connectivity index (χ0n) is 22.0. The van der Waals surface area contributed by atoms with Gasteiger partial charge in [0.2, 0.25) is 5.76 Å². The summed E-state index contributed by atoms with van der Waals surface area (Å²) in [5.41, 5.74) is 1.52. The Morgan fingerprint density at radius 1 is 1.07 bits per heavy atom. The van der Waals surface area contributed by atoms with E-state index in [1.54, 1.807) is 38.1 Å². The van der Waals surface area contributed by atoms with Crippen molar-refractivity contribution < 1.29 is 27.9 Å². The third-order valence-electron chi connectivity index (χ3n) is 6.71. The van der Waals surface area contributed by atoms with Crippen molar-refractivity contribution in [1.29, 1.82) is 0 Å². The number of carbonyl (C=O) groups is 2. The van der Waals surface area contributed by atoms with Gasteiger partial charge in [-0.25, -0.2) is 14.2 Å². The van der Waals surface area contributed by atoms with Crippen LogP contribution in [0.25, 0.3) is 11.0 Å². The predicted octanol–water partition coefficient (Wildman–Crippen LogP) is 6.20. The molecule has 0 N–H and O–H groups in total. The molecule has 206 valence electrons. The summed E-state index contributed by atoms with van der Waals surface area (Å²) in [4.78, 5) is 46.3.